The van der Waals surface area contributed by atoms with E-state index in [0.29, 0.717) is 11.3 Å². The lowest BCUT2D eigenvalue weighted by molar-refractivity contribution is 0.0557. The molecule has 3 rings (SSSR count). The molecular formula is C23H29N3O3. The van der Waals surface area contributed by atoms with Crippen molar-refractivity contribution < 1.29 is 14.3 Å². The average molecular weight is 396 g/mol. The molecule has 2 aromatic rings. The fraction of sp³-hybridized carbons (Fsp3) is 0.478. The van der Waals surface area contributed by atoms with Gasteiger partial charge in [0.2, 0.25) is 0 Å². The standard InChI is InChI=1S/C23H29N3O3/c1-23(2,3)29-22(27)26(19-8-6-5-7-9-19)21-13-18(15-25-21)16-10-11-17(14-24)20(12-16)28-4/h10-13,15,19,25H,5-9H2,1-4H3. The number of nitriles is 1. The van der Waals surface area contributed by atoms with Crippen LogP contribution < -0.4 is 9.64 Å². The van der Waals surface area contributed by atoms with Crippen LogP contribution in [0, 0.1) is 11.3 Å². The largest absolute Gasteiger partial charge is 0.495 e. The van der Waals surface area contributed by atoms with Gasteiger partial charge in [-0.3, -0.25) is 4.90 Å². The zero-order valence-electron chi connectivity index (χ0n) is 17.6. The normalized spacial score (nSPS) is 14.9. The van der Waals surface area contributed by atoms with E-state index in [1.807, 2.05) is 45.2 Å². The van der Waals surface area contributed by atoms with Crippen LogP contribution in [0.1, 0.15) is 58.4 Å². The van der Waals surface area contributed by atoms with Crippen LogP contribution in [0.3, 0.4) is 0 Å². The number of anilines is 1. The third-order valence-corrected chi connectivity index (χ3v) is 5.11. The van der Waals surface area contributed by atoms with Crippen molar-refractivity contribution in [3.8, 4) is 22.9 Å². The molecule has 0 saturated heterocycles. The number of carbonyl (C=O) groups excluding carboxylic acids is 1. The number of amides is 1. The van der Waals surface area contributed by atoms with Crippen molar-refractivity contribution in [3.63, 3.8) is 0 Å². The first-order valence-corrected chi connectivity index (χ1v) is 10.1. The second kappa shape index (κ2) is 8.60. The molecule has 29 heavy (non-hydrogen) atoms. The maximum atomic E-state index is 13.0. The fourth-order valence-electron chi connectivity index (χ4n) is 3.75. The van der Waals surface area contributed by atoms with Gasteiger partial charge in [-0.1, -0.05) is 25.3 Å². The molecule has 6 heteroatoms. The van der Waals surface area contributed by atoms with Gasteiger partial charge in [0.15, 0.2) is 0 Å². The van der Waals surface area contributed by atoms with Crippen molar-refractivity contribution in [2.24, 2.45) is 0 Å². The molecule has 1 N–H and O–H groups in total. The van der Waals surface area contributed by atoms with Crippen LogP contribution in [0.4, 0.5) is 10.6 Å². The highest BCUT2D eigenvalue weighted by Crippen LogP contribution is 2.33. The monoisotopic (exact) mass is 395 g/mol. The number of aromatic amines is 1. The summed E-state index contributed by atoms with van der Waals surface area (Å²) in [7, 11) is 1.55. The molecule has 1 amide bonds. The number of methoxy groups -OCH3 is 1. The Hall–Kier alpha value is -2.94. The van der Waals surface area contributed by atoms with Crippen LogP contribution in [0.25, 0.3) is 11.1 Å². The minimum absolute atomic E-state index is 0.126. The van der Waals surface area contributed by atoms with E-state index in [9.17, 15) is 10.1 Å². The van der Waals surface area contributed by atoms with Crippen LogP contribution in [0.5, 0.6) is 5.75 Å². The summed E-state index contributed by atoms with van der Waals surface area (Å²) in [6.07, 6.45) is 6.93. The summed E-state index contributed by atoms with van der Waals surface area (Å²) in [5, 5.41) is 9.19. The van der Waals surface area contributed by atoms with E-state index >= 15 is 0 Å². The van der Waals surface area contributed by atoms with Gasteiger partial charge < -0.3 is 14.5 Å². The van der Waals surface area contributed by atoms with Crippen LogP contribution >= 0.6 is 0 Å². The van der Waals surface area contributed by atoms with E-state index in [1.54, 1.807) is 18.1 Å². The lowest BCUT2D eigenvalue weighted by Gasteiger charge is -2.34. The number of hydrogen-bond donors (Lipinski definition) is 1. The second-order valence-electron chi connectivity index (χ2n) is 8.44. The number of nitrogens with zero attached hydrogens (tertiary/aromatic N) is 2. The van der Waals surface area contributed by atoms with Gasteiger partial charge in [0.1, 0.15) is 23.2 Å². The Balaban J connectivity index is 1.93. The Morgan fingerprint density at radius 2 is 1.90 bits per heavy atom. The molecule has 154 valence electrons. The summed E-state index contributed by atoms with van der Waals surface area (Å²) in [5.74, 6) is 1.26. The second-order valence-corrected chi connectivity index (χ2v) is 8.44. The molecule has 6 nitrogen and oxygen atoms in total. The molecule has 1 aliphatic carbocycles. The lowest BCUT2D eigenvalue weighted by Crippen LogP contribution is -2.44. The number of hydrogen-bond acceptors (Lipinski definition) is 4. The molecule has 1 aliphatic rings. The molecule has 0 aliphatic heterocycles. The number of carbonyl (C=O) groups is 1. The van der Waals surface area contributed by atoms with Gasteiger partial charge in [-0.25, -0.2) is 4.79 Å². The number of rotatable bonds is 4. The summed E-state index contributed by atoms with van der Waals surface area (Å²) < 4.78 is 11.0. The Morgan fingerprint density at radius 3 is 2.52 bits per heavy atom. The van der Waals surface area contributed by atoms with Crippen LogP contribution in [-0.4, -0.2) is 29.8 Å². The van der Waals surface area contributed by atoms with Gasteiger partial charge in [0.05, 0.1) is 12.7 Å². The molecule has 1 aromatic carbocycles. The predicted octanol–water partition coefficient (Wildman–Crippen LogP) is 5.64. The fourth-order valence-corrected chi connectivity index (χ4v) is 3.75. The number of nitrogens with one attached hydrogen (secondary N) is 1. The third-order valence-electron chi connectivity index (χ3n) is 5.11. The Labute approximate surface area is 172 Å². The summed E-state index contributed by atoms with van der Waals surface area (Å²) >= 11 is 0. The number of H-pyrrole nitrogens is 1. The Kier molecular flexibility index (Phi) is 6.17. The maximum Gasteiger partial charge on any atom is 0.416 e. The van der Waals surface area contributed by atoms with E-state index in [2.05, 4.69) is 11.1 Å². The molecule has 0 unspecified atom stereocenters. The first kappa shape index (κ1) is 20.8. The van der Waals surface area contributed by atoms with E-state index < -0.39 is 5.60 Å². The van der Waals surface area contributed by atoms with E-state index in [-0.39, 0.29) is 12.1 Å². The zero-order valence-corrected chi connectivity index (χ0v) is 17.6. The molecule has 0 spiro atoms. The average Bonchev–Trinajstić information content (AvgIpc) is 3.16. The third kappa shape index (κ3) is 4.92. The quantitative estimate of drug-likeness (QED) is 0.727. The van der Waals surface area contributed by atoms with Gasteiger partial charge in [0, 0.05) is 17.8 Å². The summed E-state index contributed by atoms with van der Waals surface area (Å²) in [6, 6.07) is 9.67. The number of aromatic nitrogens is 1. The molecule has 1 fully saturated rings. The number of benzene rings is 1. The van der Waals surface area contributed by atoms with Crippen molar-refractivity contribution in [1.82, 2.24) is 4.98 Å². The van der Waals surface area contributed by atoms with Gasteiger partial charge in [0.25, 0.3) is 0 Å². The highest BCUT2D eigenvalue weighted by molar-refractivity contribution is 5.88. The van der Waals surface area contributed by atoms with Crippen LogP contribution in [-0.2, 0) is 4.74 Å². The Bertz CT molecular complexity index is 899. The summed E-state index contributed by atoms with van der Waals surface area (Å²) in [5.41, 5.74) is 1.77. The molecule has 0 radical (unpaired) electrons. The van der Waals surface area contributed by atoms with E-state index in [0.717, 1.165) is 42.6 Å². The topological polar surface area (TPSA) is 78.3 Å². The first-order valence-electron chi connectivity index (χ1n) is 10.1. The van der Waals surface area contributed by atoms with Crippen molar-refractivity contribution in [3.05, 3.63) is 36.0 Å². The lowest BCUT2D eigenvalue weighted by atomic mass is 9.94. The smallest absolute Gasteiger partial charge is 0.416 e. The van der Waals surface area contributed by atoms with Crippen LogP contribution in [0.15, 0.2) is 30.5 Å². The Morgan fingerprint density at radius 1 is 1.17 bits per heavy atom. The molecule has 1 saturated carbocycles. The van der Waals surface area contributed by atoms with Gasteiger partial charge >= 0.3 is 6.09 Å². The molecule has 1 aromatic heterocycles. The van der Waals surface area contributed by atoms with E-state index in [4.69, 9.17) is 9.47 Å². The van der Waals surface area contributed by atoms with Crippen molar-refractivity contribution in [2.75, 3.05) is 12.0 Å². The zero-order chi connectivity index (χ0) is 21.0. The molecule has 0 bridgehead atoms. The summed E-state index contributed by atoms with van der Waals surface area (Å²) in [6.45, 7) is 5.65. The maximum absolute atomic E-state index is 13.0. The van der Waals surface area contributed by atoms with E-state index in [1.165, 1.54) is 6.42 Å². The van der Waals surface area contributed by atoms with Crippen molar-refractivity contribution >= 4 is 11.9 Å². The first-order chi connectivity index (χ1) is 13.8. The minimum Gasteiger partial charge on any atom is -0.495 e. The highest BCUT2D eigenvalue weighted by Gasteiger charge is 2.31. The van der Waals surface area contributed by atoms with Crippen molar-refractivity contribution in [1.29, 1.82) is 5.26 Å². The molecule has 1 heterocycles. The molecular weight excluding hydrogens is 366 g/mol. The predicted molar refractivity (Wildman–Crippen MR) is 113 cm³/mol. The summed E-state index contributed by atoms with van der Waals surface area (Å²) in [4.78, 5) is 18.0. The number of ether oxygens (including phenoxy) is 2. The van der Waals surface area contributed by atoms with Gasteiger partial charge in [-0.15, -0.1) is 0 Å². The van der Waals surface area contributed by atoms with Crippen molar-refractivity contribution in [2.45, 2.75) is 64.5 Å². The van der Waals surface area contributed by atoms with Gasteiger partial charge in [-0.05, 0) is 57.4 Å². The van der Waals surface area contributed by atoms with Crippen LogP contribution in [0.2, 0.25) is 0 Å². The highest BCUT2D eigenvalue weighted by atomic mass is 16.6. The minimum atomic E-state index is -0.556. The SMILES string of the molecule is COc1cc(-c2c[nH]c(N(C(=O)OC(C)(C)C)C3CCCCC3)c2)ccc1C#N. The van der Waals surface area contributed by atoms with Gasteiger partial charge in [-0.2, -0.15) is 5.26 Å². The molecule has 0 atom stereocenters.